The molecule has 5 nitrogen and oxygen atoms in total. The number of likely N-dealkylation sites (N-methyl/N-ethyl adjacent to an activating group) is 1. The summed E-state index contributed by atoms with van der Waals surface area (Å²) in [6, 6.07) is 2.32. The quantitative estimate of drug-likeness (QED) is 0.816. The lowest BCUT2D eigenvalue weighted by molar-refractivity contribution is -0.132. The highest BCUT2D eigenvalue weighted by Crippen LogP contribution is 2.23. The molecule has 2 aromatic heterocycles. The van der Waals surface area contributed by atoms with Crippen LogP contribution in [0.5, 0.6) is 0 Å². The molecule has 0 fully saturated rings. The molecule has 0 aliphatic carbocycles. The normalized spacial score (nSPS) is 17.5. The third-order valence-corrected chi connectivity index (χ3v) is 5.31. The summed E-state index contributed by atoms with van der Waals surface area (Å²) in [6.45, 7) is 8.81. The number of carbonyl (C=O) groups excluding carboxylic acids is 1. The molecular weight excluding hydrogens is 308 g/mol. The van der Waals surface area contributed by atoms with Gasteiger partial charge in [-0.3, -0.25) is 4.79 Å². The Morgan fingerprint density at radius 1 is 1.43 bits per heavy atom. The minimum absolute atomic E-state index is 0.209. The average Bonchev–Trinajstić information content (AvgIpc) is 3.23. The molecule has 0 bridgehead atoms. The van der Waals surface area contributed by atoms with Crippen molar-refractivity contribution in [1.82, 2.24) is 19.4 Å². The molecule has 0 radical (unpaired) electrons. The Balaban J connectivity index is 1.73. The van der Waals surface area contributed by atoms with E-state index in [9.17, 15) is 4.79 Å². The topological polar surface area (TPSA) is 41.4 Å². The van der Waals surface area contributed by atoms with E-state index in [0.717, 1.165) is 37.4 Å². The highest BCUT2D eigenvalue weighted by atomic mass is 32.1. The fourth-order valence-electron chi connectivity index (χ4n) is 3.18. The SMILES string of the molecule is CCN(CC)C[C@H]1CN(C(=O)Cc2ccsc2)Cc2cncn21. The molecule has 23 heavy (non-hydrogen) atoms. The number of amides is 1. The summed E-state index contributed by atoms with van der Waals surface area (Å²) in [4.78, 5) is 21.3. The smallest absolute Gasteiger partial charge is 0.227 e. The first kappa shape index (κ1) is 16.2. The summed E-state index contributed by atoms with van der Waals surface area (Å²) in [7, 11) is 0. The molecule has 1 aliphatic rings. The number of hydrogen-bond acceptors (Lipinski definition) is 4. The van der Waals surface area contributed by atoms with E-state index in [0.29, 0.717) is 13.0 Å². The van der Waals surface area contributed by atoms with Crippen LogP contribution in [-0.4, -0.2) is 51.4 Å². The summed E-state index contributed by atoms with van der Waals surface area (Å²) >= 11 is 1.64. The number of thiophene rings is 1. The monoisotopic (exact) mass is 332 g/mol. The molecule has 124 valence electrons. The van der Waals surface area contributed by atoms with Crippen molar-refractivity contribution in [3.63, 3.8) is 0 Å². The number of nitrogens with zero attached hydrogens (tertiary/aromatic N) is 4. The number of fused-ring (bicyclic) bond motifs is 1. The summed E-state index contributed by atoms with van der Waals surface area (Å²) < 4.78 is 2.24. The van der Waals surface area contributed by atoms with Gasteiger partial charge in [0.15, 0.2) is 0 Å². The second-order valence-electron chi connectivity index (χ2n) is 6.01. The Kier molecular flexibility index (Phi) is 5.13. The predicted molar refractivity (Wildman–Crippen MR) is 92.5 cm³/mol. The second kappa shape index (κ2) is 7.27. The van der Waals surface area contributed by atoms with Gasteiger partial charge in [0.1, 0.15) is 0 Å². The minimum Gasteiger partial charge on any atom is -0.334 e. The Bertz CT molecular complexity index is 633. The molecule has 0 saturated heterocycles. The average molecular weight is 332 g/mol. The number of aromatic nitrogens is 2. The lowest BCUT2D eigenvalue weighted by Crippen LogP contribution is -2.45. The van der Waals surface area contributed by atoms with E-state index in [1.807, 2.05) is 28.9 Å². The van der Waals surface area contributed by atoms with E-state index in [1.54, 1.807) is 11.3 Å². The van der Waals surface area contributed by atoms with Gasteiger partial charge in [0, 0.05) is 19.3 Å². The molecule has 0 saturated carbocycles. The Hall–Kier alpha value is -1.66. The van der Waals surface area contributed by atoms with E-state index in [2.05, 4.69) is 33.7 Å². The molecule has 6 heteroatoms. The van der Waals surface area contributed by atoms with E-state index in [-0.39, 0.29) is 11.9 Å². The molecule has 0 unspecified atom stereocenters. The van der Waals surface area contributed by atoms with Crippen LogP contribution in [0.15, 0.2) is 29.4 Å². The van der Waals surface area contributed by atoms with Crippen LogP contribution in [0.3, 0.4) is 0 Å². The Morgan fingerprint density at radius 2 is 2.26 bits per heavy atom. The second-order valence-corrected chi connectivity index (χ2v) is 6.79. The van der Waals surface area contributed by atoms with Crippen molar-refractivity contribution in [2.24, 2.45) is 0 Å². The van der Waals surface area contributed by atoms with Gasteiger partial charge in [0.25, 0.3) is 0 Å². The first-order valence-corrected chi connectivity index (χ1v) is 9.17. The third kappa shape index (κ3) is 3.64. The number of rotatable bonds is 6. The largest absolute Gasteiger partial charge is 0.334 e. The summed E-state index contributed by atoms with van der Waals surface area (Å²) in [5.74, 6) is 0.209. The molecule has 1 amide bonds. The highest BCUT2D eigenvalue weighted by Gasteiger charge is 2.28. The van der Waals surface area contributed by atoms with Crippen LogP contribution >= 0.6 is 11.3 Å². The van der Waals surface area contributed by atoms with Gasteiger partial charge in [0.05, 0.1) is 31.0 Å². The zero-order valence-electron chi connectivity index (χ0n) is 13.8. The Morgan fingerprint density at radius 3 is 2.96 bits per heavy atom. The van der Waals surface area contributed by atoms with Crippen LogP contribution < -0.4 is 0 Å². The molecule has 1 atom stereocenters. The van der Waals surface area contributed by atoms with Gasteiger partial charge in [-0.25, -0.2) is 4.98 Å². The zero-order valence-corrected chi connectivity index (χ0v) is 14.6. The molecule has 1 aliphatic heterocycles. The van der Waals surface area contributed by atoms with Crippen molar-refractivity contribution in [1.29, 1.82) is 0 Å². The Labute approximate surface area is 141 Å². The molecule has 0 N–H and O–H groups in total. The van der Waals surface area contributed by atoms with Crippen molar-refractivity contribution < 1.29 is 4.79 Å². The van der Waals surface area contributed by atoms with Gasteiger partial charge in [-0.1, -0.05) is 13.8 Å². The molecule has 0 aromatic carbocycles. The van der Waals surface area contributed by atoms with Gasteiger partial charge in [-0.15, -0.1) is 0 Å². The van der Waals surface area contributed by atoms with Crippen molar-refractivity contribution >= 4 is 17.2 Å². The van der Waals surface area contributed by atoms with Gasteiger partial charge < -0.3 is 14.4 Å². The number of hydrogen-bond donors (Lipinski definition) is 0. The standard InChI is InChI=1S/C17H24N4OS/c1-3-19(4-2)9-16-11-20(10-15-8-18-13-21(15)16)17(22)7-14-5-6-23-12-14/h5-6,8,12-13,16H,3-4,7,9-11H2,1-2H3/t16-/m0/s1. The maximum atomic E-state index is 12.7. The van der Waals surface area contributed by atoms with E-state index < -0.39 is 0 Å². The molecule has 2 aromatic rings. The maximum absolute atomic E-state index is 12.7. The number of carbonyl (C=O) groups is 1. The van der Waals surface area contributed by atoms with Crippen molar-refractivity contribution in [2.75, 3.05) is 26.2 Å². The van der Waals surface area contributed by atoms with Crippen LogP contribution in [0, 0.1) is 0 Å². The van der Waals surface area contributed by atoms with E-state index >= 15 is 0 Å². The minimum atomic E-state index is 0.209. The lowest BCUT2D eigenvalue weighted by atomic mass is 10.1. The summed E-state index contributed by atoms with van der Waals surface area (Å²) in [5, 5.41) is 4.08. The fourth-order valence-corrected chi connectivity index (χ4v) is 3.85. The van der Waals surface area contributed by atoms with Crippen molar-refractivity contribution in [2.45, 2.75) is 32.9 Å². The van der Waals surface area contributed by atoms with Crippen LogP contribution in [0.25, 0.3) is 0 Å². The van der Waals surface area contributed by atoms with Crippen LogP contribution in [0.1, 0.15) is 31.1 Å². The maximum Gasteiger partial charge on any atom is 0.227 e. The van der Waals surface area contributed by atoms with Crippen molar-refractivity contribution in [3.05, 3.63) is 40.6 Å². The van der Waals surface area contributed by atoms with E-state index in [1.165, 1.54) is 0 Å². The van der Waals surface area contributed by atoms with Crippen LogP contribution in [0.4, 0.5) is 0 Å². The van der Waals surface area contributed by atoms with E-state index in [4.69, 9.17) is 0 Å². The first-order valence-electron chi connectivity index (χ1n) is 8.23. The number of imidazole rings is 1. The van der Waals surface area contributed by atoms with Crippen LogP contribution in [0.2, 0.25) is 0 Å². The third-order valence-electron chi connectivity index (χ3n) is 4.58. The van der Waals surface area contributed by atoms with Gasteiger partial charge in [-0.2, -0.15) is 11.3 Å². The van der Waals surface area contributed by atoms with Crippen LogP contribution in [-0.2, 0) is 17.8 Å². The highest BCUT2D eigenvalue weighted by molar-refractivity contribution is 7.07. The van der Waals surface area contributed by atoms with Gasteiger partial charge in [0.2, 0.25) is 5.91 Å². The van der Waals surface area contributed by atoms with Gasteiger partial charge >= 0.3 is 0 Å². The molecular formula is C17H24N4OS. The lowest BCUT2D eigenvalue weighted by Gasteiger charge is -2.36. The summed E-state index contributed by atoms with van der Waals surface area (Å²) in [6.07, 6.45) is 4.29. The first-order chi connectivity index (χ1) is 11.2. The zero-order chi connectivity index (χ0) is 16.2. The fraction of sp³-hybridized carbons (Fsp3) is 0.529. The van der Waals surface area contributed by atoms with Crippen molar-refractivity contribution in [3.8, 4) is 0 Å². The molecule has 0 spiro atoms. The molecule has 3 heterocycles. The molecule has 3 rings (SSSR count). The predicted octanol–water partition coefficient (Wildman–Crippen LogP) is 2.41. The summed E-state index contributed by atoms with van der Waals surface area (Å²) in [5.41, 5.74) is 2.24. The van der Waals surface area contributed by atoms with Gasteiger partial charge in [-0.05, 0) is 35.5 Å².